The van der Waals surface area contributed by atoms with E-state index in [2.05, 4.69) is 25.7 Å². The lowest BCUT2D eigenvalue weighted by Crippen LogP contribution is -2.39. The summed E-state index contributed by atoms with van der Waals surface area (Å²) < 4.78 is 15.5. The van der Waals surface area contributed by atoms with Crippen molar-refractivity contribution in [2.24, 2.45) is 12.0 Å². The molecule has 2 N–H and O–H groups in total. The summed E-state index contributed by atoms with van der Waals surface area (Å²) in [5.74, 6) is 1.58. The molecule has 6 nitrogen and oxygen atoms in total. The van der Waals surface area contributed by atoms with E-state index in [0.717, 1.165) is 30.3 Å². The topological polar surface area (TPSA) is 67.1 Å². The van der Waals surface area contributed by atoms with E-state index in [9.17, 15) is 4.39 Å². The smallest absolute Gasteiger partial charge is 0.191 e. The van der Waals surface area contributed by atoms with Gasteiger partial charge >= 0.3 is 0 Å². The number of aromatic nitrogens is 3. The van der Waals surface area contributed by atoms with E-state index in [1.165, 1.54) is 12.4 Å². The molecule has 0 amide bonds. The summed E-state index contributed by atoms with van der Waals surface area (Å²) in [7, 11) is 1.84. The fraction of sp³-hybridized carbons (Fsp3) is 0.438. The molecule has 1 aromatic carbocycles. The molecule has 0 saturated heterocycles. The first kappa shape index (κ1) is 18.6. The van der Waals surface area contributed by atoms with Crippen LogP contribution >= 0.6 is 24.0 Å². The second-order valence-corrected chi connectivity index (χ2v) is 5.61. The Morgan fingerprint density at radius 3 is 2.88 bits per heavy atom. The number of benzene rings is 1. The van der Waals surface area contributed by atoms with Crippen molar-refractivity contribution in [3.8, 4) is 0 Å². The summed E-state index contributed by atoms with van der Waals surface area (Å²) in [6.45, 7) is 3.23. The van der Waals surface area contributed by atoms with Crippen molar-refractivity contribution in [2.75, 3.05) is 6.54 Å². The summed E-state index contributed by atoms with van der Waals surface area (Å²) in [6.07, 6.45) is 2.43. The van der Waals surface area contributed by atoms with Gasteiger partial charge in [0.15, 0.2) is 5.96 Å². The van der Waals surface area contributed by atoms with Crippen LogP contribution in [0.5, 0.6) is 0 Å². The van der Waals surface area contributed by atoms with Gasteiger partial charge in [-0.25, -0.2) is 14.4 Å². The predicted molar refractivity (Wildman–Crippen MR) is 102 cm³/mol. The van der Waals surface area contributed by atoms with Crippen LogP contribution in [0.15, 0.2) is 35.6 Å². The van der Waals surface area contributed by atoms with Gasteiger partial charge in [-0.3, -0.25) is 4.68 Å². The third kappa shape index (κ3) is 4.43. The highest BCUT2D eigenvalue weighted by Crippen LogP contribution is 2.41. The molecule has 1 aliphatic carbocycles. The maximum absolute atomic E-state index is 13.8. The molecule has 1 aromatic heterocycles. The number of nitrogens with zero attached hydrogens (tertiary/aromatic N) is 4. The number of nitrogens with one attached hydrogen (secondary N) is 2. The van der Waals surface area contributed by atoms with Gasteiger partial charge in [-0.15, -0.1) is 24.0 Å². The molecule has 130 valence electrons. The fourth-order valence-corrected chi connectivity index (χ4v) is 2.58. The standard InChI is InChI=1S/C16H21FN6.HI/c1-3-18-16(19-9-15-20-10-21-23(15)2)22-14-8-12(14)11-6-4-5-7-13(11)17;/h4-7,10,12,14H,3,8-9H2,1-2H3,(H2,18,19,22);1H. The monoisotopic (exact) mass is 444 g/mol. The van der Waals surface area contributed by atoms with Crippen LogP contribution in [0.2, 0.25) is 0 Å². The molecule has 0 radical (unpaired) electrons. The van der Waals surface area contributed by atoms with Crippen molar-refractivity contribution < 1.29 is 4.39 Å². The lowest BCUT2D eigenvalue weighted by atomic mass is 10.1. The number of aliphatic imine (C=N–C) groups is 1. The minimum Gasteiger partial charge on any atom is -0.357 e. The number of hydrogen-bond donors (Lipinski definition) is 2. The van der Waals surface area contributed by atoms with Gasteiger partial charge < -0.3 is 10.6 Å². The first-order valence-corrected chi connectivity index (χ1v) is 7.81. The first-order chi connectivity index (χ1) is 11.2. The summed E-state index contributed by atoms with van der Waals surface area (Å²) in [4.78, 5) is 8.68. The molecule has 1 fully saturated rings. The van der Waals surface area contributed by atoms with E-state index < -0.39 is 0 Å². The third-order valence-electron chi connectivity index (χ3n) is 3.95. The Balaban J connectivity index is 0.00000208. The van der Waals surface area contributed by atoms with Crippen LogP contribution in [0, 0.1) is 5.82 Å². The number of rotatable bonds is 5. The SMILES string of the molecule is CCNC(=NCc1ncnn1C)NC1CC1c1ccccc1F.I. The van der Waals surface area contributed by atoms with Gasteiger partial charge in [-0.1, -0.05) is 18.2 Å². The minimum absolute atomic E-state index is 0. The van der Waals surface area contributed by atoms with Gasteiger partial charge in [-0.05, 0) is 25.0 Å². The van der Waals surface area contributed by atoms with Gasteiger partial charge in [-0.2, -0.15) is 5.10 Å². The van der Waals surface area contributed by atoms with Crippen LogP contribution in [0.4, 0.5) is 4.39 Å². The average Bonchev–Trinajstić information content (AvgIpc) is 3.17. The lowest BCUT2D eigenvalue weighted by Gasteiger charge is -2.11. The van der Waals surface area contributed by atoms with Gasteiger partial charge in [0.1, 0.15) is 24.5 Å². The Morgan fingerprint density at radius 2 is 2.21 bits per heavy atom. The van der Waals surface area contributed by atoms with Crippen molar-refractivity contribution in [1.82, 2.24) is 25.4 Å². The maximum Gasteiger partial charge on any atom is 0.191 e. The molecule has 1 saturated carbocycles. The Hall–Kier alpha value is -1.71. The molecule has 1 aliphatic rings. The first-order valence-electron chi connectivity index (χ1n) is 7.81. The van der Waals surface area contributed by atoms with Crippen LogP contribution < -0.4 is 10.6 Å². The highest BCUT2D eigenvalue weighted by Gasteiger charge is 2.40. The lowest BCUT2D eigenvalue weighted by molar-refractivity contribution is 0.607. The molecular weight excluding hydrogens is 422 g/mol. The maximum atomic E-state index is 13.8. The second-order valence-electron chi connectivity index (χ2n) is 5.61. The van der Waals surface area contributed by atoms with Gasteiger partial charge in [0.05, 0.1) is 0 Å². The number of aryl methyl sites for hydroxylation is 1. The number of guanidine groups is 1. The minimum atomic E-state index is -0.136. The van der Waals surface area contributed by atoms with Crippen LogP contribution in [0.3, 0.4) is 0 Å². The van der Waals surface area contributed by atoms with Crippen LogP contribution in [-0.2, 0) is 13.6 Å². The Labute approximate surface area is 158 Å². The summed E-state index contributed by atoms with van der Waals surface area (Å²) in [5, 5.41) is 10.6. The molecule has 1 heterocycles. The molecule has 2 atom stereocenters. The highest BCUT2D eigenvalue weighted by atomic mass is 127. The van der Waals surface area contributed by atoms with E-state index in [1.807, 2.05) is 26.1 Å². The van der Waals surface area contributed by atoms with Gasteiger partial charge in [0.25, 0.3) is 0 Å². The fourth-order valence-electron chi connectivity index (χ4n) is 2.58. The Bertz CT molecular complexity index is 701. The normalized spacial score (nSPS) is 19.5. The van der Waals surface area contributed by atoms with Crippen LogP contribution in [0.25, 0.3) is 0 Å². The van der Waals surface area contributed by atoms with E-state index in [4.69, 9.17) is 0 Å². The summed E-state index contributed by atoms with van der Waals surface area (Å²) in [6, 6.07) is 7.17. The number of halogens is 2. The molecule has 2 unspecified atom stereocenters. The van der Waals surface area contributed by atoms with Crippen LogP contribution in [0.1, 0.15) is 30.7 Å². The molecule has 0 bridgehead atoms. The highest BCUT2D eigenvalue weighted by molar-refractivity contribution is 14.0. The van der Waals surface area contributed by atoms with Crippen molar-refractivity contribution in [1.29, 1.82) is 0 Å². The van der Waals surface area contributed by atoms with E-state index in [0.29, 0.717) is 6.54 Å². The zero-order chi connectivity index (χ0) is 16.2. The van der Waals surface area contributed by atoms with E-state index in [-0.39, 0.29) is 41.8 Å². The van der Waals surface area contributed by atoms with E-state index in [1.54, 1.807) is 10.7 Å². The molecule has 8 heteroatoms. The molecule has 0 aliphatic heterocycles. The van der Waals surface area contributed by atoms with E-state index >= 15 is 0 Å². The third-order valence-corrected chi connectivity index (χ3v) is 3.95. The summed E-state index contributed by atoms with van der Waals surface area (Å²) in [5.41, 5.74) is 0.772. The second kappa shape index (κ2) is 8.41. The van der Waals surface area contributed by atoms with Crippen molar-refractivity contribution in [3.05, 3.63) is 47.8 Å². The van der Waals surface area contributed by atoms with Gasteiger partial charge in [0, 0.05) is 25.6 Å². The van der Waals surface area contributed by atoms with Crippen LogP contribution in [-0.4, -0.2) is 33.3 Å². The Kier molecular flexibility index (Phi) is 6.52. The molecule has 2 aromatic rings. The van der Waals surface area contributed by atoms with Crippen molar-refractivity contribution in [3.63, 3.8) is 0 Å². The van der Waals surface area contributed by atoms with Crippen molar-refractivity contribution in [2.45, 2.75) is 31.8 Å². The molecule has 3 rings (SSSR count). The van der Waals surface area contributed by atoms with Crippen molar-refractivity contribution >= 4 is 29.9 Å². The summed E-state index contributed by atoms with van der Waals surface area (Å²) >= 11 is 0. The zero-order valence-corrected chi connectivity index (χ0v) is 16.1. The Morgan fingerprint density at radius 1 is 1.42 bits per heavy atom. The van der Waals surface area contributed by atoms with Gasteiger partial charge in [0.2, 0.25) is 0 Å². The molecular formula is C16H22FIN6. The average molecular weight is 444 g/mol. The zero-order valence-electron chi connectivity index (χ0n) is 13.7. The largest absolute Gasteiger partial charge is 0.357 e. The predicted octanol–water partition coefficient (Wildman–Crippen LogP) is 2.18. The molecule has 24 heavy (non-hydrogen) atoms. The molecule has 0 spiro atoms. The number of hydrogen-bond acceptors (Lipinski definition) is 3. The quantitative estimate of drug-likeness (QED) is 0.422.